The fourth-order valence-corrected chi connectivity index (χ4v) is 0.967. The topological polar surface area (TPSA) is 67.6 Å². The van der Waals surface area contributed by atoms with Crippen LogP contribution in [0.5, 0.6) is 0 Å². The first-order chi connectivity index (χ1) is 6.69. The highest BCUT2D eigenvalue weighted by Gasteiger charge is 2.03. The third-order valence-electron chi connectivity index (χ3n) is 1.80. The highest BCUT2D eigenvalue weighted by atomic mass is 16.7. The Morgan fingerprint density at radius 2 is 2.43 bits per heavy atom. The second-order valence-corrected chi connectivity index (χ2v) is 2.67. The smallest absolute Gasteiger partial charge is 0.349 e. The molecule has 0 atom stereocenters. The third kappa shape index (κ3) is 2.30. The van der Waals surface area contributed by atoms with Gasteiger partial charge in [-0.1, -0.05) is 0 Å². The summed E-state index contributed by atoms with van der Waals surface area (Å²) in [4.78, 5) is 19.9. The molecule has 0 unspecified atom stereocenters. The van der Waals surface area contributed by atoms with Crippen LogP contribution in [0.1, 0.15) is 0 Å². The van der Waals surface area contributed by atoms with Gasteiger partial charge in [-0.3, -0.25) is 9.40 Å². The van der Waals surface area contributed by atoms with Crippen molar-refractivity contribution in [2.45, 2.75) is 6.54 Å². The quantitative estimate of drug-likeness (QED) is 0.645. The average molecular weight is 199 g/mol. The summed E-state index contributed by atoms with van der Waals surface area (Å²) in [7, 11) is 3.14. The summed E-state index contributed by atoms with van der Waals surface area (Å²) in [5, 5.41) is 10.0. The van der Waals surface area contributed by atoms with E-state index in [1.54, 1.807) is 19.3 Å². The molecule has 0 spiro atoms. The number of hydrogen-bond acceptors (Lipinski definition) is 5. The Bertz CT molecular complexity index is 350. The predicted molar refractivity (Wildman–Crippen MR) is 51.0 cm³/mol. The molecule has 0 saturated heterocycles. The van der Waals surface area contributed by atoms with Crippen molar-refractivity contribution in [3.8, 4) is 0 Å². The first kappa shape index (κ1) is 10.7. The molecule has 1 aromatic heterocycles. The SMILES string of the molecule is CON(C)c1ccn(CCO)c(=O)n1. The van der Waals surface area contributed by atoms with Crippen molar-refractivity contribution >= 4 is 5.82 Å². The van der Waals surface area contributed by atoms with Gasteiger partial charge in [0.15, 0.2) is 5.82 Å². The van der Waals surface area contributed by atoms with Crippen LogP contribution in [0.25, 0.3) is 0 Å². The van der Waals surface area contributed by atoms with E-state index in [2.05, 4.69) is 4.98 Å². The number of aliphatic hydroxyl groups excluding tert-OH is 1. The molecule has 0 bridgehead atoms. The molecule has 0 aliphatic rings. The van der Waals surface area contributed by atoms with Crippen molar-refractivity contribution in [2.24, 2.45) is 0 Å². The molecule has 0 aromatic carbocycles. The zero-order valence-electron chi connectivity index (χ0n) is 8.17. The molecule has 78 valence electrons. The minimum absolute atomic E-state index is 0.0823. The Morgan fingerprint density at radius 1 is 1.71 bits per heavy atom. The number of hydrogen-bond donors (Lipinski definition) is 1. The summed E-state index contributed by atoms with van der Waals surface area (Å²) in [6.45, 7) is 0.170. The van der Waals surface area contributed by atoms with Gasteiger partial charge in [0.25, 0.3) is 0 Å². The molecule has 1 heterocycles. The Morgan fingerprint density at radius 3 is 2.93 bits per heavy atom. The fourth-order valence-electron chi connectivity index (χ4n) is 0.967. The van der Waals surface area contributed by atoms with E-state index in [0.717, 1.165) is 0 Å². The second kappa shape index (κ2) is 4.73. The highest BCUT2D eigenvalue weighted by Crippen LogP contribution is 2.03. The summed E-state index contributed by atoms with van der Waals surface area (Å²) in [6, 6.07) is 1.64. The normalized spacial score (nSPS) is 10.2. The Balaban J connectivity index is 2.94. The van der Waals surface area contributed by atoms with Crippen LogP contribution >= 0.6 is 0 Å². The van der Waals surface area contributed by atoms with E-state index >= 15 is 0 Å². The van der Waals surface area contributed by atoms with Gasteiger partial charge in [-0.2, -0.15) is 4.98 Å². The van der Waals surface area contributed by atoms with E-state index in [-0.39, 0.29) is 13.2 Å². The lowest BCUT2D eigenvalue weighted by Gasteiger charge is -2.14. The number of aliphatic hydroxyl groups is 1. The maximum Gasteiger partial charge on any atom is 0.349 e. The van der Waals surface area contributed by atoms with Crippen molar-refractivity contribution in [3.63, 3.8) is 0 Å². The van der Waals surface area contributed by atoms with Crippen LogP contribution in [0.4, 0.5) is 5.82 Å². The maximum atomic E-state index is 11.3. The Hall–Kier alpha value is -1.40. The monoisotopic (exact) mass is 199 g/mol. The summed E-state index contributed by atoms with van der Waals surface area (Å²) in [5.41, 5.74) is -0.402. The molecule has 1 rings (SSSR count). The first-order valence-electron chi connectivity index (χ1n) is 4.15. The van der Waals surface area contributed by atoms with E-state index in [4.69, 9.17) is 9.94 Å². The standard InChI is InChI=1S/C8H13N3O3/c1-10(14-2)7-3-4-11(5-6-12)8(13)9-7/h3-4,12H,5-6H2,1-2H3. The lowest BCUT2D eigenvalue weighted by atomic mass is 10.5. The predicted octanol–water partition coefficient (Wildman–Crippen LogP) is -0.767. The molecule has 0 aliphatic heterocycles. The minimum Gasteiger partial charge on any atom is -0.395 e. The van der Waals surface area contributed by atoms with E-state index in [1.807, 2.05) is 0 Å². The molecule has 6 nitrogen and oxygen atoms in total. The molecule has 6 heteroatoms. The van der Waals surface area contributed by atoms with Gasteiger partial charge in [-0.15, -0.1) is 0 Å². The molecule has 0 radical (unpaired) electrons. The molecule has 0 aliphatic carbocycles. The first-order valence-corrected chi connectivity index (χ1v) is 4.15. The molecular formula is C8H13N3O3. The Kier molecular flexibility index (Phi) is 3.61. The summed E-state index contributed by atoms with van der Waals surface area (Å²) in [5.74, 6) is 0.437. The van der Waals surface area contributed by atoms with Crippen LogP contribution in [-0.2, 0) is 11.4 Å². The van der Waals surface area contributed by atoms with E-state index < -0.39 is 5.69 Å². The van der Waals surface area contributed by atoms with Crippen LogP contribution in [0.2, 0.25) is 0 Å². The minimum atomic E-state index is -0.402. The Labute approximate surface area is 81.3 Å². The van der Waals surface area contributed by atoms with E-state index in [9.17, 15) is 4.79 Å². The van der Waals surface area contributed by atoms with Gasteiger partial charge < -0.3 is 5.11 Å². The van der Waals surface area contributed by atoms with E-state index in [1.165, 1.54) is 16.7 Å². The van der Waals surface area contributed by atoms with Gasteiger partial charge in [0, 0.05) is 13.2 Å². The van der Waals surface area contributed by atoms with Crippen LogP contribution in [-0.4, -0.2) is 35.4 Å². The largest absolute Gasteiger partial charge is 0.395 e. The van der Waals surface area contributed by atoms with Gasteiger partial charge in [-0.25, -0.2) is 9.86 Å². The zero-order valence-corrected chi connectivity index (χ0v) is 8.17. The molecule has 0 saturated carbocycles. The molecule has 14 heavy (non-hydrogen) atoms. The number of nitrogens with zero attached hydrogens (tertiary/aromatic N) is 3. The van der Waals surface area contributed by atoms with Gasteiger partial charge >= 0.3 is 5.69 Å². The molecular weight excluding hydrogens is 186 g/mol. The summed E-state index contributed by atoms with van der Waals surface area (Å²) >= 11 is 0. The van der Waals surface area contributed by atoms with Gasteiger partial charge in [0.1, 0.15) is 0 Å². The number of anilines is 1. The number of aromatic nitrogens is 2. The maximum absolute atomic E-state index is 11.3. The van der Waals surface area contributed by atoms with Crippen LogP contribution in [0.3, 0.4) is 0 Å². The van der Waals surface area contributed by atoms with Crippen LogP contribution in [0, 0.1) is 0 Å². The van der Waals surface area contributed by atoms with Crippen molar-refractivity contribution in [1.82, 2.24) is 9.55 Å². The van der Waals surface area contributed by atoms with E-state index in [0.29, 0.717) is 5.82 Å². The third-order valence-corrected chi connectivity index (χ3v) is 1.80. The van der Waals surface area contributed by atoms with Crippen LogP contribution < -0.4 is 10.8 Å². The lowest BCUT2D eigenvalue weighted by Crippen LogP contribution is -2.27. The fraction of sp³-hybridized carbons (Fsp3) is 0.500. The van der Waals surface area contributed by atoms with Gasteiger partial charge in [0.05, 0.1) is 20.3 Å². The second-order valence-electron chi connectivity index (χ2n) is 2.67. The summed E-state index contributed by atoms with van der Waals surface area (Å²) in [6.07, 6.45) is 1.57. The highest BCUT2D eigenvalue weighted by molar-refractivity contribution is 5.31. The summed E-state index contributed by atoms with van der Waals surface area (Å²) < 4.78 is 1.33. The van der Waals surface area contributed by atoms with Gasteiger partial charge in [-0.05, 0) is 6.07 Å². The molecule has 0 fully saturated rings. The lowest BCUT2D eigenvalue weighted by molar-refractivity contribution is 0.182. The van der Waals surface area contributed by atoms with Crippen molar-refractivity contribution in [2.75, 3.05) is 25.8 Å². The molecule has 0 amide bonds. The number of hydroxylamine groups is 1. The number of rotatable bonds is 4. The zero-order chi connectivity index (χ0) is 10.6. The van der Waals surface area contributed by atoms with Crippen molar-refractivity contribution in [3.05, 3.63) is 22.7 Å². The van der Waals surface area contributed by atoms with Crippen molar-refractivity contribution in [1.29, 1.82) is 0 Å². The van der Waals surface area contributed by atoms with Crippen molar-refractivity contribution < 1.29 is 9.94 Å². The average Bonchev–Trinajstić information content (AvgIpc) is 2.20. The van der Waals surface area contributed by atoms with Gasteiger partial charge in [0.2, 0.25) is 0 Å². The molecule has 1 N–H and O–H groups in total. The molecule has 1 aromatic rings. The van der Waals surface area contributed by atoms with Crippen LogP contribution in [0.15, 0.2) is 17.1 Å².